The SMILES string of the molecule is Cc1ccc(S(=O)(=O)c2c(N)cccc2N)cc1C. The second-order valence-electron chi connectivity index (χ2n) is 4.52. The van der Waals surface area contributed by atoms with E-state index in [1.807, 2.05) is 13.8 Å². The highest BCUT2D eigenvalue weighted by Crippen LogP contribution is 2.31. The largest absolute Gasteiger partial charge is 0.398 e. The first-order valence-electron chi connectivity index (χ1n) is 5.80. The van der Waals surface area contributed by atoms with Crippen LogP contribution in [0.1, 0.15) is 11.1 Å². The summed E-state index contributed by atoms with van der Waals surface area (Å²) in [5.41, 5.74) is 13.8. The number of anilines is 2. The van der Waals surface area contributed by atoms with Crippen molar-refractivity contribution in [3.05, 3.63) is 47.5 Å². The second-order valence-corrected chi connectivity index (χ2v) is 6.40. The van der Waals surface area contributed by atoms with Crippen molar-refractivity contribution in [2.24, 2.45) is 0 Å². The van der Waals surface area contributed by atoms with Gasteiger partial charge < -0.3 is 11.5 Å². The third-order valence-electron chi connectivity index (χ3n) is 3.13. The van der Waals surface area contributed by atoms with Crippen LogP contribution in [0.2, 0.25) is 0 Å². The van der Waals surface area contributed by atoms with Crippen LogP contribution in [-0.4, -0.2) is 8.42 Å². The molecule has 0 atom stereocenters. The Bertz CT molecular complexity index is 717. The predicted molar refractivity (Wildman–Crippen MR) is 76.6 cm³/mol. The zero-order valence-electron chi connectivity index (χ0n) is 10.8. The molecule has 2 aromatic carbocycles. The van der Waals surface area contributed by atoms with Crippen LogP contribution in [0, 0.1) is 13.8 Å². The van der Waals surface area contributed by atoms with E-state index in [1.165, 1.54) is 12.1 Å². The molecule has 0 amide bonds. The first kappa shape index (κ1) is 13.4. The van der Waals surface area contributed by atoms with Crippen molar-refractivity contribution in [3.8, 4) is 0 Å². The molecule has 4 nitrogen and oxygen atoms in total. The Kier molecular flexibility index (Phi) is 3.24. The number of aryl methyl sites for hydroxylation is 2. The molecule has 100 valence electrons. The zero-order chi connectivity index (χ0) is 14.2. The Morgan fingerprint density at radius 3 is 2.00 bits per heavy atom. The monoisotopic (exact) mass is 276 g/mol. The van der Waals surface area contributed by atoms with E-state index in [9.17, 15) is 8.42 Å². The quantitative estimate of drug-likeness (QED) is 0.824. The smallest absolute Gasteiger partial charge is 0.210 e. The van der Waals surface area contributed by atoms with Gasteiger partial charge in [0, 0.05) is 0 Å². The number of nitrogens with two attached hydrogens (primary N) is 2. The topological polar surface area (TPSA) is 86.2 Å². The predicted octanol–water partition coefficient (Wildman–Crippen LogP) is 2.30. The lowest BCUT2D eigenvalue weighted by atomic mass is 10.1. The number of sulfone groups is 1. The van der Waals surface area contributed by atoms with Gasteiger partial charge in [0.15, 0.2) is 0 Å². The second kappa shape index (κ2) is 4.59. The third kappa shape index (κ3) is 2.29. The van der Waals surface area contributed by atoms with Crippen LogP contribution in [0.25, 0.3) is 0 Å². The van der Waals surface area contributed by atoms with Crippen LogP contribution in [0.5, 0.6) is 0 Å². The van der Waals surface area contributed by atoms with E-state index >= 15 is 0 Å². The molecule has 2 rings (SSSR count). The Hall–Kier alpha value is -2.01. The maximum atomic E-state index is 12.6. The van der Waals surface area contributed by atoms with E-state index in [4.69, 9.17) is 11.5 Å². The summed E-state index contributed by atoms with van der Waals surface area (Å²) in [7, 11) is -3.69. The van der Waals surface area contributed by atoms with Crippen molar-refractivity contribution in [2.75, 3.05) is 11.5 Å². The summed E-state index contributed by atoms with van der Waals surface area (Å²) in [6.07, 6.45) is 0. The molecule has 5 heteroatoms. The number of hydrogen-bond donors (Lipinski definition) is 2. The van der Waals surface area contributed by atoms with Gasteiger partial charge in [-0.2, -0.15) is 0 Å². The van der Waals surface area contributed by atoms with E-state index in [0.29, 0.717) is 0 Å². The average Bonchev–Trinajstić information content (AvgIpc) is 2.32. The normalized spacial score (nSPS) is 11.5. The summed E-state index contributed by atoms with van der Waals surface area (Å²) in [6, 6.07) is 9.68. The first-order valence-corrected chi connectivity index (χ1v) is 7.28. The third-order valence-corrected chi connectivity index (χ3v) is 5.02. The maximum Gasteiger partial charge on any atom is 0.210 e. The molecule has 0 aliphatic rings. The van der Waals surface area contributed by atoms with Crippen molar-refractivity contribution in [1.82, 2.24) is 0 Å². The van der Waals surface area contributed by atoms with Crippen molar-refractivity contribution in [1.29, 1.82) is 0 Å². The first-order chi connectivity index (χ1) is 8.84. The fourth-order valence-electron chi connectivity index (χ4n) is 1.88. The molecular weight excluding hydrogens is 260 g/mol. The lowest BCUT2D eigenvalue weighted by molar-refractivity contribution is 0.596. The minimum Gasteiger partial charge on any atom is -0.398 e. The Morgan fingerprint density at radius 2 is 1.47 bits per heavy atom. The number of rotatable bonds is 2. The lowest BCUT2D eigenvalue weighted by Crippen LogP contribution is -2.09. The van der Waals surface area contributed by atoms with Crippen LogP contribution in [0.3, 0.4) is 0 Å². The average molecular weight is 276 g/mol. The van der Waals surface area contributed by atoms with E-state index in [0.717, 1.165) is 11.1 Å². The fourth-order valence-corrected chi connectivity index (χ4v) is 3.45. The number of nitrogen functional groups attached to an aromatic ring is 2. The number of benzene rings is 2. The minimum absolute atomic E-state index is 0.0155. The molecule has 0 saturated heterocycles. The van der Waals surface area contributed by atoms with E-state index in [-0.39, 0.29) is 21.2 Å². The molecule has 2 aromatic rings. The Labute approximate surface area is 113 Å². The summed E-state index contributed by atoms with van der Waals surface area (Å²) < 4.78 is 25.2. The molecule has 0 bridgehead atoms. The van der Waals surface area contributed by atoms with E-state index in [1.54, 1.807) is 24.3 Å². The van der Waals surface area contributed by atoms with Crippen LogP contribution in [-0.2, 0) is 9.84 Å². The van der Waals surface area contributed by atoms with Crippen LogP contribution in [0.15, 0.2) is 46.2 Å². The molecule has 0 unspecified atom stereocenters. The zero-order valence-corrected chi connectivity index (χ0v) is 11.7. The summed E-state index contributed by atoms with van der Waals surface area (Å²) in [5.74, 6) is 0. The highest BCUT2D eigenvalue weighted by Gasteiger charge is 2.23. The van der Waals surface area contributed by atoms with Gasteiger partial charge in [0.05, 0.1) is 16.3 Å². The van der Waals surface area contributed by atoms with Crippen molar-refractivity contribution in [3.63, 3.8) is 0 Å². The summed E-state index contributed by atoms with van der Waals surface area (Å²) in [6.45, 7) is 3.79. The van der Waals surface area contributed by atoms with Gasteiger partial charge >= 0.3 is 0 Å². The van der Waals surface area contributed by atoms with Crippen molar-refractivity contribution in [2.45, 2.75) is 23.6 Å². The van der Waals surface area contributed by atoms with Crippen LogP contribution in [0.4, 0.5) is 11.4 Å². The molecule has 0 fully saturated rings. The molecular formula is C14H16N2O2S. The van der Waals surface area contributed by atoms with Gasteiger partial charge in [-0.15, -0.1) is 0 Å². The van der Waals surface area contributed by atoms with Gasteiger partial charge in [-0.05, 0) is 49.2 Å². The van der Waals surface area contributed by atoms with E-state index < -0.39 is 9.84 Å². The molecule has 19 heavy (non-hydrogen) atoms. The van der Waals surface area contributed by atoms with Crippen molar-refractivity contribution < 1.29 is 8.42 Å². The Balaban J connectivity index is 2.69. The van der Waals surface area contributed by atoms with Gasteiger partial charge in [0.2, 0.25) is 9.84 Å². The highest BCUT2D eigenvalue weighted by atomic mass is 32.2. The summed E-state index contributed by atoms with van der Waals surface area (Å²) >= 11 is 0. The van der Waals surface area contributed by atoms with Gasteiger partial charge in [-0.1, -0.05) is 12.1 Å². The fraction of sp³-hybridized carbons (Fsp3) is 0.143. The molecule has 0 spiro atoms. The molecule has 0 saturated carbocycles. The lowest BCUT2D eigenvalue weighted by Gasteiger charge is -2.11. The van der Waals surface area contributed by atoms with Crippen molar-refractivity contribution >= 4 is 21.2 Å². The molecule has 4 N–H and O–H groups in total. The van der Waals surface area contributed by atoms with Crippen LogP contribution >= 0.6 is 0 Å². The molecule has 0 radical (unpaired) electrons. The van der Waals surface area contributed by atoms with Gasteiger partial charge in [-0.25, -0.2) is 8.42 Å². The molecule has 0 aliphatic heterocycles. The molecule has 0 heterocycles. The molecule has 0 aliphatic carbocycles. The molecule has 0 aromatic heterocycles. The number of hydrogen-bond acceptors (Lipinski definition) is 4. The van der Waals surface area contributed by atoms with Gasteiger partial charge in [-0.3, -0.25) is 0 Å². The summed E-state index contributed by atoms with van der Waals surface area (Å²) in [4.78, 5) is 0.193. The van der Waals surface area contributed by atoms with Crippen LogP contribution < -0.4 is 11.5 Å². The minimum atomic E-state index is -3.69. The highest BCUT2D eigenvalue weighted by molar-refractivity contribution is 7.91. The Morgan fingerprint density at radius 1 is 0.895 bits per heavy atom. The van der Waals surface area contributed by atoms with Gasteiger partial charge in [0.1, 0.15) is 4.90 Å². The van der Waals surface area contributed by atoms with Gasteiger partial charge in [0.25, 0.3) is 0 Å². The maximum absolute atomic E-state index is 12.6. The van der Waals surface area contributed by atoms with E-state index in [2.05, 4.69) is 0 Å². The standard InChI is InChI=1S/C14H16N2O2S/c1-9-6-7-11(8-10(9)2)19(17,18)14-12(15)4-3-5-13(14)16/h3-8H,15-16H2,1-2H3. The summed E-state index contributed by atoms with van der Waals surface area (Å²) in [5, 5.41) is 0.